The van der Waals surface area contributed by atoms with Gasteiger partial charge in [0.15, 0.2) is 5.82 Å². The number of hydrogen-bond donors (Lipinski definition) is 1. The van der Waals surface area contributed by atoms with Crippen molar-refractivity contribution >= 4 is 11.8 Å². The van der Waals surface area contributed by atoms with Crippen LogP contribution in [0.4, 0.5) is 11.8 Å². The summed E-state index contributed by atoms with van der Waals surface area (Å²) in [6, 6.07) is 10.4. The molecule has 0 amide bonds. The van der Waals surface area contributed by atoms with Crippen LogP contribution >= 0.6 is 0 Å². The summed E-state index contributed by atoms with van der Waals surface area (Å²) in [5, 5.41) is 11.5. The highest BCUT2D eigenvalue weighted by Crippen LogP contribution is 2.18. The number of nitrogens with zero attached hydrogens (tertiary/aromatic N) is 4. The Bertz CT molecular complexity index is 571. The van der Waals surface area contributed by atoms with Crippen molar-refractivity contribution in [1.82, 2.24) is 15.2 Å². The van der Waals surface area contributed by atoms with Crippen LogP contribution in [0.5, 0.6) is 0 Å². The molecular weight excluding hydrogens is 266 g/mol. The molecule has 1 fully saturated rings. The molecule has 0 spiro atoms. The summed E-state index contributed by atoms with van der Waals surface area (Å²) in [6.07, 6.45) is 1.66. The number of benzene rings is 1. The fraction of sp³-hybridized carbons (Fsp3) is 0.400. The lowest BCUT2D eigenvalue weighted by molar-refractivity contribution is 0.122. The van der Waals surface area contributed by atoms with Gasteiger partial charge in [-0.2, -0.15) is 10.1 Å². The molecule has 1 aromatic heterocycles. The number of rotatable bonds is 4. The molecule has 1 unspecified atom stereocenters. The Kier molecular flexibility index (Phi) is 4.25. The predicted octanol–water partition coefficient (Wildman–Crippen LogP) is 1.88. The Morgan fingerprint density at radius 1 is 1.19 bits per heavy atom. The third-order valence-corrected chi connectivity index (χ3v) is 3.51. The molecule has 21 heavy (non-hydrogen) atoms. The van der Waals surface area contributed by atoms with Gasteiger partial charge in [0.25, 0.3) is 0 Å². The van der Waals surface area contributed by atoms with Crippen LogP contribution < -0.4 is 10.2 Å². The van der Waals surface area contributed by atoms with Gasteiger partial charge >= 0.3 is 0 Å². The Morgan fingerprint density at radius 3 is 2.71 bits per heavy atom. The minimum Gasteiger partial charge on any atom is -0.378 e. The third kappa shape index (κ3) is 3.46. The van der Waals surface area contributed by atoms with E-state index in [2.05, 4.69) is 44.5 Å². The zero-order chi connectivity index (χ0) is 14.5. The molecule has 1 aromatic carbocycles. The standard InChI is InChI=1S/C15H19N5O/c1-12(13-5-3-2-4-6-13)17-14-11-16-19-15(18-14)20-7-9-21-10-8-20/h2-6,11-12H,7-10H2,1H3,(H,17,18,19). The van der Waals surface area contributed by atoms with Crippen LogP contribution in [-0.2, 0) is 4.74 Å². The molecule has 0 aliphatic carbocycles. The van der Waals surface area contributed by atoms with E-state index in [-0.39, 0.29) is 6.04 Å². The first-order valence-corrected chi connectivity index (χ1v) is 7.17. The van der Waals surface area contributed by atoms with E-state index in [9.17, 15) is 0 Å². The summed E-state index contributed by atoms with van der Waals surface area (Å²) in [5.41, 5.74) is 1.21. The van der Waals surface area contributed by atoms with E-state index >= 15 is 0 Å². The van der Waals surface area contributed by atoms with E-state index in [4.69, 9.17) is 4.74 Å². The Labute approximate surface area is 124 Å². The molecule has 1 aliphatic rings. The van der Waals surface area contributed by atoms with E-state index in [0.29, 0.717) is 19.2 Å². The van der Waals surface area contributed by atoms with Gasteiger partial charge in [0.2, 0.25) is 5.95 Å². The summed E-state index contributed by atoms with van der Waals surface area (Å²) >= 11 is 0. The number of aromatic nitrogens is 3. The zero-order valence-electron chi connectivity index (χ0n) is 12.1. The van der Waals surface area contributed by atoms with Gasteiger partial charge in [0.05, 0.1) is 19.4 Å². The first-order chi connectivity index (χ1) is 10.3. The van der Waals surface area contributed by atoms with Crippen LogP contribution in [0, 0.1) is 0 Å². The van der Waals surface area contributed by atoms with Crippen LogP contribution in [0.25, 0.3) is 0 Å². The molecule has 6 nitrogen and oxygen atoms in total. The first-order valence-electron chi connectivity index (χ1n) is 7.17. The lowest BCUT2D eigenvalue weighted by Crippen LogP contribution is -2.37. The van der Waals surface area contributed by atoms with Crippen molar-refractivity contribution in [3.05, 3.63) is 42.1 Å². The van der Waals surface area contributed by atoms with Gasteiger partial charge in [-0.25, -0.2) is 0 Å². The van der Waals surface area contributed by atoms with Crippen molar-refractivity contribution in [3.63, 3.8) is 0 Å². The Morgan fingerprint density at radius 2 is 1.95 bits per heavy atom. The largest absolute Gasteiger partial charge is 0.378 e. The molecule has 1 aliphatic heterocycles. The average molecular weight is 285 g/mol. The predicted molar refractivity (Wildman–Crippen MR) is 81.3 cm³/mol. The van der Waals surface area contributed by atoms with E-state index in [1.165, 1.54) is 5.56 Å². The highest BCUT2D eigenvalue weighted by Gasteiger charge is 2.15. The van der Waals surface area contributed by atoms with E-state index in [1.54, 1.807) is 6.20 Å². The second-order valence-corrected chi connectivity index (χ2v) is 5.02. The minimum atomic E-state index is 0.167. The first kappa shape index (κ1) is 13.8. The molecule has 6 heteroatoms. The van der Waals surface area contributed by atoms with E-state index in [0.717, 1.165) is 18.9 Å². The lowest BCUT2D eigenvalue weighted by atomic mass is 10.1. The molecule has 1 saturated heterocycles. The van der Waals surface area contributed by atoms with Crippen molar-refractivity contribution in [1.29, 1.82) is 0 Å². The molecular formula is C15H19N5O. The van der Waals surface area contributed by atoms with E-state index in [1.807, 2.05) is 18.2 Å². The van der Waals surface area contributed by atoms with Crippen LogP contribution in [0.2, 0.25) is 0 Å². The molecule has 1 N–H and O–H groups in total. The maximum Gasteiger partial charge on any atom is 0.247 e. The maximum atomic E-state index is 5.34. The monoisotopic (exact) mass is 285 g/mol. The van der Waals surface area contributed by atoms with Gasteiger partial charge in [-0.05, 0) is 12.5 Å². The summed E-state index contributed by atoms with van der Waals surface area (Å²) in [5.74, 6) is 1.39. The van der Waals surface area contributed by atoms with Gasteiger partial charge in [-0.3, -0.25) is 0 Å². The quantitative estimate of drug-likeness (QED) is 0.925. The maximum absolute atomic E-state index is 5.34. The molecule has 0 bridgehead atoms. The highest BCUT2D eigenvalue weighted by atomic mass is 16.5. The highest BCUT2D eigenvalue weighted by molar-refractivity contribution is 5.41. The zero-order valence-corrected chi connectivity index (χ0v) is 12.1. The molecule has 3 rings (SSSR count). The normalized spacial score (nSPS) is 16.5. The van der Waals surface area contributed by atoms with E-state index < -0.39 is 0 Å². The summed E-state index contributed by atoms with van der Waals surface area (Å²) in [7, 11) is 0. The van der Waals surface area contributed by atoms with Crippen LogP contribution in [-0.4, -0.2) is 41.5 Å². The van der Waals surface area contributed by atoms with Crippen LogP contribution in [0.3, 0.4) is 0 Å². The summed E-state index contributed by atoms with van der Waals surface area (Å²) in [4.78, 5) is 6.64. The fourth-order valence-corrected chi connectivity index (χ4v) is 2.31. The Balaban J connectivity index is 1.71. The van der Waals surface area contributed by atoms with Crippen LogP contribution in [0.1, 0.15) is 18.5 Å². The number of hydrogen-bond acceptors (Lipinski definition) is 6. The Hall–Kier alpha value is -2.21. The van der Waals surface area contributed by atoms with Crippen molar-refractivity contribution in [2.24, 2.45) is 0 Å². The number of ether oxygens (including phenoxy) is 1. The number of anilines is 2. The summed E-state index contributed by atoms with van der Waals surface area (Å²) in [6.45, 7) is 5.13. The fourth-order valence-electron chi connectivity index (χ4n) is 2.31. The second kappa shape index (κ2) is 6.49. The molecule has 1 atom stereocenters. The van der Waals surface area contributed by atoms with Crippen molar-refractivity contribution in [2.75, 3.05) is 36.5 Å². The third-order valence-electron chi connectivity index (χ3n) is 3.51. The molecule has 0 radical (unpaired) electrons. The number of morpholine rings is 1. The molecule has 110 valence electrons. The SMILES string of the molecule is CC(Nc1cnnc(N2CCOCC2)n1)c1ccccc1. The van der Waals surface area contributed by atoms with Crippen LogP contribution in [0.15, 0.2) is 36.5 Å². The van der Waals surface area contributed by atoms with Gasteiger partial charge in [0.1, 0.15) is 0 Å². The van der Waals surface area contributed by atoms with Gasteiger partial charge < -0.3 is 15.0 Å². The molecule has 2 aromatic rings. The van der Waals surface area contributed by atoms with Gasteiger partial charge in [0, 0.05) is 19.1 Å². The van der Waals surface area contributed by atoms with Crippen molar-refractivity contribution in [3.8, 4) is 0 Å². The number of nitrogens with one attached hydrogen (secondary N) is 1. The summed E-state index contributed by atoms with van der Waals surface area (Å²) < 4.78 is 5.34. The van der Waals surface area contributed by atoms with Gasteiger partial charge in [-0.15, -0.1) is 5.10 Å². The topological polar surface area (TPSA) is 63.2 Å². The second-order valence-electron chi connectivity index (χ2n) is 5.02. The smallest absolute Gasteiger partial charge is 0.247 e. The lowest BCUT2D eigenvalue weighted by Gasteiger charge is -2.26. The van der Waals surface area contributed by atoms with Gasteiger partial charge in [-0.1, -0.05) is 30.3 Å². The van der Waals surface area contributed by atoms with Crippen molar-refractivity contribution in [2.45, 2.75) is 13.0 Å². The molecule has 0 saturated carbocycles. The average Bonchev–Trinajstić information content (AvgIpc) is 2.57. The minimum absolute atomic E-state index is 0.167. The van der Waals surface area contributed by atoms with Crippen molar-refractivity contribution < 1.29 is 4.74 Å². The molecule has 2 heterocycles.